The van der Waals surface area contributed by atoms with Crippen molar-refractivity contribution >= 4 is 23.5 Å². The smallest absolute Gasteiger partial charge is 0.328 e. The number of nitrogens with one attached hydrogen (secondary N) is 2. The molecule has 8 nitrogen and oxygen atoms in total. The molecular formula is C18H23N3O5. The van der Waals surface area contributed by atoms with Gasteiger partial charge < -0.3 is 20.1 Å². The number of benzene rings is 1. The van der Waals surface area contributed by atoms with E-state index in [9.17, 15) is 14.4 Å². The third-order valence-electron chi connectivity index (χ3n) is 3.34. The van der Waals surface area contributed by atoms with Gasteiger partial charge in [0.05, 0.1) is 19.3 Å². The second-order valence-corrected chi connectivity index (χ2v) is 5.21. The van der Waals surface area contributed by atoms with E-state index < -0.39 is 23.9 Å². The van der Waals surface area contributed by atoms with Gasteiger partial charge >= 0.3 is 11.9 Å². The molecule has 0 saturated heterocycles. The molecule has 1 unspecified atom stereocenters. The first-order chi connectivity index (χ1) is 12.5. The molecule has 0 spiro atoms. The summed E-state index contributed by atoms with van der Waals surface area (Å²) in [7, 11) is 0. The maximum absolute atomic E-state index is 12.4. The minimum absolute atomic E-state index is 0.00534. The van der Waals surface area contributed by atoms with E-state index in [1.165, 1.54) is 0 Å². The van der Waals surface area contributed by atoms with Crippen molar-refractivity contribution in [2.75, 3.05) is 25.1 Å². The standard InChI is InChI=1S/C18H23N3O5/c1-3-25-16(22)10-9-15(18(24)26-4-2)21-17(23)13-5-7-14(8-6-13)20-12-11-19/h5-8,15,20H,3-4,9-10,12H2,1-2H3,(H,21,23). The molecule has 1 amide bonds. The van der Waals surface area contributed by atoms with Crippen LogP contribution in [0.4, 0.5) is 5.69 Å². The molecule has 2 N–H and O–H groups in total. The lowest BCUT2D eigenvalue weighted by Crippen LogP contribution is -2.42. The lowest BCUT2D eigenvalue weighted by atomic mass is 10.1. The predicted octanol–water partition coefficient (Wildman–Crippen LogP) is 1.63. The Labute approximate surface area is 152 Å². The van der Waals surface area contributed by atoms with Gasteiger partial charge in [-0.15, -0.1) is 0 Å². The molecule has 0 radical (unpaired) electrons. The van der Waals surface area contributed by atoms with Crippen molar-refractivity contribution in [1.29, 1.82) is 5.26 Å². The zero-order chi connectivity index (χ0) is 19.4. The Morgan fingerprint density at radius 1 is 1.12 bits per heavy atom. The first-order valence-corrected chi connectivity index (χ1v) is 8.35. The maximum Gasteiger partial charge on any atom is 0.328 e. The van der Waals surface area contributed by atoms with Gasteiger partial charge in [-0.1, -0.05) is 0 Å². The van der Waals surface area contributed by atoms with E-state index in [0.717, 1.165) is 0 Å². The number of nitriles is 1. The second kappa shape index (κ2) is 11.5. The highest BCUT2D eigenvalue weighted by Gasteiger charge is 2.23. The molecule has 0 fully saturated rings. The molecule has 0 saturated carbocycles. The molecule has 1 aromatic carbocycles. The fourth-order valence-electron chi connectivity index (χ4n) is 2.11. The lowest BCUT2D eigenvalue weighted by Gasteiger charge is -2.17. The van der Waals surface area contributed by atoms with Crippen molar-refractivity contribution in [2.24, 2.45) is 0 Å². The number of rotatable bonds is 10. The molecule has 1 aromatic rings. The SMILES string of the molecule is CCOC(=O)CCC(NC(=O)c1ccc(NCC#N)cc1)C(=O)OCC. The Morgan fingerprint density at radius 3 is 2.35 bits per heavy atom. The van der Waals surface area contributed by atoms with Gasteiger partial charge in [0.15, 0.2) is 0 Å². The van der Waals surface area contributed by atoms with E-state index in [0.29, 0.717) is 11.3 Å². The van der Waals surface area contributed by atoms with Crippen LogP contribution >= 0.6 is 0 Å². The van der Waals surface area contributed by atoms with Gasteiger partial charge in [-0.25, -0.2) is 4.79 Å². The summed E-state index contributed by atoms with van der Waals surface area (Å²) in [5.74, 6) is -1.50. The van der Waals surface area contributed by atoms with E-state index >= 15 is 0 Å². The van der Waals surface area contributed by atoms with E-state index in [2.05, 4.69) is 10.6 Å². The molecule has 1 atom stereocenters. The number of amides is 1. The van der Waals surface area contributed by atoms with Crippen LogP contribution in [0.15, 0.2) is 24.3 Å². The average Bonchev–Trinajstić information content (AvgIpc) is 2.64. The summed E-state index contributed by atoms with van der Waals surface area (Å²) in [4.78, 5) is 35.9. The van der Waals surface area contributed by atoms with Crippen molar-refractivity contribution in [3.8, 4) is 6.07 Å². The monoisotopic (exact) mass is 361 g/mol. The molecule has 0 bridgehead atoms. The van der Waals surface area contributed by atoms with E-state index in [1.54, 1.807) is 38.1 Å². The van der Waals surface area contributed by atoms with Crippen LogP contribution < -0.4 is 10.6 Å². The summed E-state index contributed by atoms with van der Waals surface area (Å²) < 4.78 is 9.78. The largest absolute Gasteiger partial charge is 0.466 e. The molecule has 1 rings (SSSR count). The second-order valence-electron chi connectivity index (χ2n) is 5.21. The Morgan fingerprint density at radius 2 is 1.77 bits per heavy atom. The number of anilines is 1. The lowest BCUT2D eigenvalue weighted by molar-refractivity contribution is -0.146. The number of hydrogen-bond acceptors (Lipinski definition) is 7. The number of esters is 2. The van der Waals surface area contributed by atoms with Crippen LogP contribution in [0.2, 0.25) is 0 Å². The number of nitrogens with zero attached hydrogens (tertiary/aromatic N) is 1. The van der Waals surface area contributed by atoms with Crippen LogP contribution in [0.25, 0.3) is 0 Å². The molecule has 140 valence electrons. The van der Waals surface area contributed by atoms with Crippen molar-refractivity contribution in [2.45, 2.75) is 32.7 Å². The van der Waals surface area contributed by atoms with Crippen LogP contribution in [-0.2, 0) is 19.1 Å². The summed E-state index contributed by atoms with van der Waals surface area (Å²) in [6.45, 7) is 3.93. The minimum atomic E-state index is -0.941. The molecule has 0 aromatic heterocycles. The molecular weight excluding hydrogens is 338 g/mol. The van der Waals surface area contributed by atoms with Crippen LogP contribution in [0.3, 0.4) is 0 Å². The Balaban J connectivity index is 2.72. The molecule has 8 heteroatoms. The van der Waals surface area contributed by atoms with E-state index in [4.69, 9.17) is 14.7 Å². The molecule has 0 aliphatic rings. The maximum atomic E-state index is 12.4. The zero-order valence-corrected chi connectivity index (χ0v) is 14.9. The number of hydrogen-bond donors (Lipinski definition) is 2. The third kappa shape index (κ3) is 7.21. The first-order valence-electron chi connectivity index (χ1n) is 8.35. The van der Waals surface area contributed by atoms with Crippen molar-refractivity contribution in [1.82, 2.24) is 5.32 Å². The summed E-state index contributed by atoms with van der Waals surface area (Å²) >= 11 is 0. The minimum Gasteiger partial charge on any atom is -0.466 e. The Kier molecular flexibility index (Phi) is 9.25. The van der Waals surface area contributed by atoms with Crippen molar-refractivity contribution < 1.29 is 23.9 Å². The number of carbonyl (C=O) groups is 3. The van der Waals surface area contributed by atoms with Crippen LogP contribution in [0.1, 0.15) is 37.0 Å². The Bertz CT molecular complexity index is 652. The van der Waals surface area contributed by atoms with Gasteiger partial charge in [0, 0.05) is 17.7 Å². The van der Waals surface area contributed by atoms with Crippen LogP contribution in [0, 0.1) is 11.3 Å². The number of carbonyl (C=O) groups excluding carboxylic acids is 3. The summed E-state index contributed by atoms with van der Waals surface area (Å²) in [6, 6.07) is 7.47. The van der Waals surface area contributed by atoms with Gasteiger partial charge in [0.2, 0.25) is 0 Å². The fraction of sp³-hybridized carbons (Fsp3) is 0.444. The Hall–Kier alpha value is -3.08. The highest BCUT2D eigenvalue weighted by Crippen LogP contribution is 2.10. The molecule has 0 aliphatic heterocycles. The van der Waals surface area contributed by atoms with Crippen molar-refractivity contribution in [3.05, 3.63) is 29.8 Å². The number of ether oxygens (including phenoxy) is 2. The summed E-state index contributed by atoms with van der Waals surface area (Å²) in [6.07, 6.45) is 0.0832. The van der Waals surface area contributed by atoms with E-state index in [1.807, 2.05) is 6.07 Å². The van der Waals surface area contributed by atoms with Crippen LogP contribution in [-0.4, -0.2) is 43.6 Å². The topological polar surface area (TPSA) is 118 Å². The van der Waals surface area contributed by atoms with Gasteiger partial charge in [0.25, 0.3) is 5.91 Å². The molecule has 0 aliphatic carbocycles. The van der Waals surface area contributed by atoms with Gasteiger partial charge in [0.1, 0.15) is 12.6 Å². The van der Waals surface area contributed by atoms with E-state index in [-0.39, 0.29) is 32.6 Å². The highest BCUT2D eigenvalue weighted by molar-refractivity contribution is 5.97. The zero-order valence-electron chi connectivity index (χ0n) is 14.9. The average molecular weight is 361 g/mol. The van der Waals surface area contributed by atoms with Crippen LogP contribution in [0.5, 0.6) is 0 Å². The highest BCUT2D eigenvalue weighted by atomic mass is 16.5. The normalized spacial score (nSPS) is 11.0. The fourth-order valence-corrected chi connectivity index (χ4v) is 2.11. The third-order valence-corrected chi connectivity index (χ3v) is 3.34. The van der Waals surface area contributed by atoms with Gasteiger partial charge in [-0.2, -0.15) is 5.26 Å². The van der Waals surface area contributed by atoms with Gasteiger partial charge in [-0.05, 0) is 44.5 Å². The van der Waals surface area contributed by atoms with Crippen molar-refractivity contribution in [3.63, 3.8) is 0 Å². The summed E-state index contributed by atoms with van der Waals surface area (Å²) in [5, 5.41) is 14.0. The predicted molar refractivity (Wildman–Crippen MR) is 94.3 cm³/mol. The molecule has 26 heavy (non-hydrogen) atoms. The molecule has 0 heterocycles. The first kappa shape index (κ1) is 21.0. The van der Waals surface area contributed by atoms with Gasteiger partial charge in [-0.3, -0.25) is 9.59 Å². The summed E-state index contributed by atoms with van der Waals surface area (Å²) in [5.41, 5.74) is 1.05. The quantitative estimate of drug-likeness (QED) is 0.480.